The molecule has 6 aromatic rings. The summed E-state index contributed by atoms with van der Waals surface area (Å²) in [6.07, 6.45) is 1.79. The van der Waals surface area contributed by atoms with Gasteiger partial charge in [-0.2, -0.15) is 0 Å². The molecule has 0 atom stereocenters. The Kier molecular flexibility index (Phi) is 8.03. The van der Waals surface area contributed by atoms with Gasteiger partial charge in [-0.25, -0.2) is 0 Å². The van der Waals surface area contributed by atoms with E-state index in [0.717, 1.165) is 22.3 Å². The average molecular weight is 736 g/mol. The molecule has 0 spiro atoms. The van der Waals surface area contributed by atoms with Crippen LogP contribution >= 0.6 is 0 Å². The Balaban J connectivity index is 0.000000213. The molecule has 2 aliphatic rings. The van der Waals surface area contributed by atoms with Gasteiger partial charge in [-0.1, -0.05) is 56.3 Å². The molecule has 0 N–H and O–H groups in total. The first-order chi connectivity index (χ1) is 20.6. The molecule has 4 nitrogen and oxygen atoms in total. The van der Waals surface area contributed by atoms with Gasteiger partial charge in [0.05, 0.1) is 11.4 Å². The van der Waals surface area contributed by atoms with Gasteiger partial charge in [0.2, 0.25) is 0 Å². The molecule has 0 aliphatic carbocycles. The molecule has 212 valence electrons. The van der Waals surface area contributed by atoms with E-state index in [1.807, 2.05) is 42.5 Å². The number of hydrogen-bond acceptors (Lipinski definition) is 4. The Hall–Kier alpha value is -4.44. The topological polar surface area (TPSA) is 22.6 Å². The summed E-state index contributed by atoms with van der Waals surface area (Å²) in [4.78, 5) is 11.1. The van der Waals surface area contributed by atoms with E-state index < -0.39 is 0 Å². The zero-order valence-electron chi connectivity index (χ0n) is 24.3. The summed E-state index contributed by atoms with van der Waals surface area (Å²) in [6, 6.07) is 46.7. The Bertz CT molecular complexity index is 1820. The number of hydrogen-bond donors (Lipinski definition) is 0. The van der Waals surface area contributed by atoms with Crippen molar-refractivity contribution in [1.29, 1.82) is 0 Å². The van der Waals surface area contributed by atoms with Gasteiger partial charge in [-0.05, 0) is 58.9 Å². The van der Waals surface area contributed by atoms with Crippen molar-refractivity contribution in [3.05, 3.63) is 146 Å². The molecule has 5 aromatic carbocycles. The van der Waals surface area contributed by atoms with Crippen LogP contribution in [0, 0.1) is 18.8 Å². The molecule has 5 heteroatoms. The first kappa shape index (κ1) is 28.7. The van der Waals surface area contributed by atoms with E-state index in [4.69, 9.17) is 0 Å². The Morgan fingerprint density at radius 2 is 1.51 bits per heavy atom. The van der Waals surface area contributed by atoms with Crippen molar-refractivity contribution in [1.82, 2.24) is 4.98 Å². The molecule has 0 radical (unpaired) electrons. The summed E-state index contributed by atoms with van der Waals surface area (Å²) >= 11 is 0. The van der Waals surface area contributed by atoms with Gasteiger partial charge in [-0.15, -0.1) is 77.6 Å². The Morgan fingerprint density at radius 1 is 0.744 bits per heavy atom. The Labute approximate surface area is 267 Å². The van der Waals surface area contributed by atoms with Gasteiger partial charge in [0.1, 0.15) is 0 Å². The number of fused-ring (bicyclic) bond motifs is 3. The van der Waals surface area contributed by atoms with E-state index in [1.54, 1.807) is 6.20 Å². The number of rotatable bonds is 3. The average Bonchev–Trinajstić information content (AvgIpc) is 3.45. The third-order valence-corrected chi connectivity index (χ3v) is 7.92. The van der Waals surface area contributed by atoms with Crippen LogP contribution in [-0.2, 0) is 20.1 Å². The predicted molar refractivity (Wildman–Crippen MR) is 175 cm³/mol. The van der Waals surface area contributed by atoms with Crippen LogP contribution in [0.2, 0.25) is 0 Å². The fourth-order valence-electron chi connectivity index (χ4n) is 5.65. The van der Waals surface area contributed by atoms with Crippen LogP contribution in [0.15, 0.2) is 121 Å². The first-order valence-corrected chi connectivity index (χ1v) is 14.3. The molecule has 1 aromatic heterocycles. The minimum Gasteiger partial charge on any atom is -0.485 e. The van der Waals surface area contributed by atoms with Crippen molar-refractivity contribution in [2.24, 2.45) is 0 Å². The smallest absolute Gasteiger partial charge is 0.485 e. The number of aromatic nitrogens is 1. The summed E-state index contributed by atoms with van der Waals surface area (Å²) < 4.78 is 0. The molecule has 8 rings (SSSR count). The monoisotopic (exact) mass is 736 g/mol. The van der Waals surface area contributed by atoms with Gasteiger partial charge in [-0.3, -0.25) is 0 Å². The maximum Gasteiger partial charge on any atom is 3.00 e. The molecular formula is C38H31IrN4. The second kappa shape index (κ2) is 12.0. The van der Waals surface area contributed by atoms with Crippen molar-refractivity contribution >= 4 is 44.9 Å². The number of benzene rings is 5. The van der Waals surface area contributed by atoms with Crippen LogP contribution in [-0.4, -0.2) is 12.0 Å². The van der Waals surface area contributed by atoms with Gasteiger partial charge in [0.25, 0.3) is 0 Å². The van der Waals surface area contributed by atoms with E-state index in [9.17, 15) is 0 Å². The third-order valence-electron chi connectivity index (χ3n) is 7.92. The Morgan fingerprint density at radius 3 is 2.26 bits per heavy atom. The van der Waals surface area contributed by atoms with E-state index in [1.165, 1.54) is 39.4 Å². The molecule has 3 heterocycles. The van der Waals surface area contributed by atoms with Crippen LogP contribution in [0.3, 0.4) is 0 Å². The summed E-state index contributed by atoms with van der Waals surface area (Å²) in [5.74, 6) is 0.530. The third kappa shape index (κ3) is 5.31. The zero-order chi connectivity index (χ0) is 28.6. The van der Waals surface area contributed by atoms with Crippen LogP contribution in [0.4, 0.5) is 34.1 Å². The molecule has 0 bridgehead atoms. The molecule has 2 aliphatic heterocycles. The second-order valence-electron chi connectivity index (χ2n) is 10.9. The zero-order valence-corrected chi connectivity index (χ0v) is 26.7. The van der Waals surface area contributed by atoms with Crippen LogP contribution in [0.25, 0.3) is 22.0 Å². The van der Waals surface area contributed by atoms with Crippen LogP contribution in [0.1, 0.15) is 25.3 Å². The fourth-order valence-corrected chi connectivity index (χ4v) is 5.65. The standard InChI is InChI=1S/C27H23N3.C11H8N.Ir/c1-18(2)19-11-13-22(14-12-19)29-17-30-26-16-21-8-5-4-7-20(21)15-25(26)28(3)23-9-6-10-24(29)27(23)30;1-2-6-10(7-3-1)11-8-4-5-9-12-11;/h4-15,17-18H,1-3H3;1-6,8-9H;/q-2;-1;+3. The molecule has 0 fully saturated rings. The summed E-state index contributed by atoms with van der Waals surface area (Å²) in [7, 11) is 2.15. The van der Waals surface area contributed by atoms with Crippen molar-refractivity contribution in [3.63, 3.8) is 0 Å². The van der Waals surface area contributed by atoms with Gasteiger partial charge in [0, 0.05) is 24.6 Å². The SMILES string of the molecule is CC(C)c1ccc(N2[CH-]N3c4[c-]c5ccccc5cc4N(C)c4cccc2c43)cc1.[Ir+3].[c-]1ccccc1-c1ccccn1. The van der Waals surface area contributed by atoms with E-state index in [0.29, 0.717) is 5.92 Å². The quantitative estimate of drug-likeness (QED) is 0.169. The second-order valence-corrected chi connectivity index (χ2v) is 10.9. The van der Waals surface area contributed by atoms with E-state index in [-0.39, 0.29) is 20.1 Å². The molecule has 0 saturated carbocycles. The normalized spacial score (nSPS) is 12.8. The minimum absolute atomic E-state index is 0. The molecule has 0 amide bonds. The molecule has 0 saturated heterocycles. The molecular weight excluding hydrogens is 705 g/mol. The van der Waals surface area contributed by atoms with Gasteiger partial charge in [0.15, 0.2) is 0 Å². The molecule has 0 unspecified atom stereocenters. The number of nitrogens with zero attached hydrogens (tertiary/aromatic N) is 4. The summed E-state index contributed by atoms with van der Waals surface area (Å²) in [5.41, 5.74) is 10.4. The van der Waals surface area contributed by atoms with Crippen molar-refractivity contribution in [3.8, 4) is 11.3 Å². The van der Waals surface area contributed by atoms with Crippen LogP contribution < -0.4 is 14.7 Å². The van der Waals surface area contributed by atoms with E-state index >= 15 is 0 Å². The molecule has 43 heavy (non-hydrogen) atoms. The fraction of sp³-hybridized carbons (Fsp3) is 0.105. The number of pyridine rings is 1. The van der Waals surface area contributed by atoms with Crippen LogP contribution in [0.5, 0.6) is 0 Å². The van der Waals surface area contributed by atoms with Crippen molar-refractivity contribution < 1.29 is 20.1 Å². The predicted octanol–water partition coefficient (Wildman–Crippen LogP) is 9.80. The van der Waals surface area contributed by atoms with E-state index in [2.05, 4.69) is 132 Å². The minimum atomic E-state index is 0. The summed E-state index contributed by atoms with van der Waals surface area (Å²) in [5, 5.41) is 2.35. The maximum atomic E-state index is 4.22. The summed E-state index contributed by atoms with van der Waals surface area (Å²) in [6.45, 7) is 6.67. The maximum absolute atomic E-state index is 4.22. The first-order valence-electron chi connectivity index (χ1n) is 14.3. The van der Waals surface area contributed by atoms with Crippen molar-refractivity contribution in [2.45, 2.75) is 19.8 Å². The van der Waals surface area contributed by atoms with Gasteiger partial charge < -0.3 is 19.7 Å². The largest absolute Gasteiger partial charge is 3.00 e. The number of para-hydroxylation sites is 1. The van der Waals surface area contributed by atoms with Gasteiger partial charge >= 0.3 is 20.1 Å². The van der Waals surface area contributed by atoms with Crippen molar-refractivity contribution in [2.75, 3.05) is 21.7 Å². The number of anilines is 6.